The van der Waals surface area contributed by atoms with Crippen molar-refractivity contribution < 1.29 is 52.2 Å². The minimum Gasteiger partial charge on any atom is -0.462 e. The van der Waals surface area contributed by atoms with Crippen molar-refractivity contribution in [1.82, 2.24) is 0 Å². The smallest absolute Gasteiger partial charge is 0.462 e. The lowest BCUT2D eigenvalue weighted by molar-refractivity contribution is -0.161. The number of unbranched alkanes of at least 4 members (excludes halogenated alkanes) is 42. The number of phosphoric ester groups is 1. The molecule has 0 aliphatic carbocycles. The van der Waals surface area contributed by atoms with Gasteiger partial charge in [-0.05, 0) is 19.3 Å². The van der Waals surface area contributed by atoms with Gasteiger partial charge in [0.25, 0.3) is 0 Å². The highest BCUT2D eigenvalue weighted by atomic mass is 31.2. The number of hydrogen-bond acceptors (Lipinski definition) is 10. The Labute approximate surface area is 443 Å². The molecule has 0 aromatic carbocycles. The summed E-state index contributed by atoms with van der Waals surface area (Å²) in [4.78, 5) is 48.6. The van der Waals surface area contributed by atoms with E-state index in [4.69, 9.17) is 23.3 Å². The molecule has 0 heterocycles. The minimum absolute atomic E-state index is 0.179. The van der Waals surface area contributed by atoms with E-state index in [2.05, 4.69) is 20.8 Å². The molecular weight excluding hydrogens is 928 g/mol. The van der Waals surface area contributed by atoms with E-state index in [1.807, 2.05) is 0 Å². The lowest BCUT2D eigenvalue weighted by Crippen LogP contribution is -2.30. The standard InChI is InChI=1S/C60H117O11P/c1-4-7-10-13-16-19-22-25-26-27-28-29-30-33-36-39-42-45-48-51-60(64)71-57(53-67-58(62)49-46-43-40-37-34-31-23-20-17-14-11-8-5-2)55-69-72(65,66)68-54-56(52-61)70-59(63)50-47-44-41-38-35-32-24-21-18-15-12-9-6-3/h56-57,61H,4-55H2,1-3H3,(H,65,66). The van der Waals surface area contributed by atoms with Crippen LogP contribution in [0.15, 0.2) is 0 Å². The molecule has 12 heteroatoms. The highest BCUT2D eigenvalue weighted by Gasteiger charge is 2.28. The first-order valence-electron chi connectivity index (χ1n) is 30.9. The van der Waals surface area contributed by atoms with Gasteiger partial charge >= 0.3 is 25.7 Å². The van der Waals surface area contributed by atoms with Crippen LogP contribution in [0.3, 0.4) is 0 Å². The van der Waals surface area contributed by atoms with Gasteiger partial charge in [-0.3, -0.25) is 23.4 Å². The zero-order chi connectivity index (χ0) is 52.7. The average Bonchev–Trinajstić information content (AvgIpc) is 3.37. The summed E-state index contributed by atoms with van der Waals surface area (Å²) in [6.45, 7) is 4.73. The predicted molar refractivity (Wildman–Crippen MR) is 298 cm³/mol. The van der Waals surface area contributed by atoms with Gasteiger partial charge in [-0.25, -0.2) is 4.57 Å². The van der Waals surface area contributed by atoms with Crippen LogP contribution in [-0.2, 0) is 42.2 Å². The van der Waals surface area contributed by atoms with Crippen molar-refractivity contribution in [2.75, 3.05) is 26.4 Å². The van der Waals surface area contributed by atoms with E-state index in [0.717, 1.165) is 57.8 Å². The van der Waals surface area contributed by atoms with Crippen LogP contribution in [0.1, 0.15) is 329 Å². The van der Waals surface area contributed by atoms with Crippen LogP contribution < -0.4 is 0 Å². The number of phosphoric acid groups is 1. The monoisotopic (exact) mass is 1040 g/mol. The number of esters is 3. The van der Waals surface area contributed by atoms with Crippen LogP contribution in [0.4, 0.5) is 0 Å². The quantitative estimate of drug-likeness (QED) is 0.0259. The zero-order valence-electron chi connectivity index (χ0n) is 47.4. The molecule has 72 heavy (non-hydrogen) atoms. The maximum atomic E-state index is 12.9. The molecule has 0 aliphatic rings. The number of carbonyl (C=O) groups is 3. The second-order valence-corrected chi connectivity index (χ2v) is 22.7. The maximum Gasteiger partial charge on any atom is 0.472 e. The number of aliphatic hydroxyl groups is 1. The normalized spacial score (nSPS) is 13.2. The SMILES string of the molecule is CCCCCCCCCCCCCCCCCCCCCC(=O)OC(COC(=O)CCCCCCCCCCCCCCC)COP(=O)(O)OCC(CO)OC(=O)CCCCCCCCCCCCCCC. The minimum atomic E-state index is -4.73. The second-order valence-electron chi connectivity index (χ2n) is 21.2. The van der Waals surface area contributed by atoms with Crippen molar-refractivity contribution in [2.24, 2.45) is 0 Å². The maximum absolute atomic E-state index is 12.9. The average molecular weight is 1050 g/mol. The highest BCUT2D eigenvalue weighted by molar-refractivity contribution is 7.47. The Morgan fingerprint density at radius 2 is 0.556 bits per heavy atom. The molecule has 0 saturated heterocycles. The molecule has 428 valence electrons. The first kappa shape index (κ1) is 70.5. The van der Waals surface area contributed by atoms with E-state index < -0.39 is 57.8 Å². The molecule has 0 aliphatic heterocycles. The number of ether oxygens (including phenoxy) is 3. The summed E-state index contributed by atoms with van der Waals surface area (Å²) in [5, 5.41) is 9.82. The van der Waals surface area contributed by atoms with Gasteiger partial charge in [-0.2, -0.15) is 0 Å². The molecule has 3 unspecified atom stereocenters. The fourth-order valence-electron chi connectivity index (χ4n) is 9.30. The summed E-state index contributed by atoms with van der Waals surface area (Å²) < 4.78 is 39.6. The van der Waals surface area contributed by atoms with Gasteiger partial charge in [0.15, 0.2) is 6.10 Å². The van der Waals surface area contributed by atoms with Crippen LogP contribution in [0, 0.1) is 0 Å². The molecule has 0 amide bonds. The Balaban J connectivity index is 4.62. The summed E-state index contributed by atoms with van der Waals surface area (Å²) in [5.41, 5.74) is 0. The van der Waals surface area contributed by atoms with Gasteiger partial charge < -0.3 is 24.2 Å². The number of hydrogen-bond donors (Lipinski definition) is 2. The number of rotatable bonds is 59. The zero-order valence-corrected chi connectivity index (χ0v) is 48.3. The van der Waals surface area contributed by atoms with Gasteiger partial charge in [0, 0.05) is 19.3 Å². The third kappa shape index (κ3) is 53.3. The van der Waals surface area contributed by atoms with Crippen molar-refractivity contribution in [3.63, 3.8) is 0 Å². The Bertz CT molecular complexity index is 1220. The van der Waals surface area contributed by atoms with E-state index in [-0.39, 0.29) is 25.9 Å². The summed E-state index contributed by atoms with van der Waals surface area (Å²) in [6.07, 6.45) is 53.4. The summed E-state index contributed by atoms with van der Waals surface area (Å²) in [5.74, 6) is -1.42. The Hall–Kier alpha value is -1.52. The van der Waals surface area contributed by atoms with Crippen LogP contribution in [0.5, 0.6) is 0 Å². The van der Waals surface area contributed by atoms with Crippen molar-refractivity contribution in [3.05, 3.63) is 0 Å². The molecule has 0 spiro atoms. The molecule has 2 N–H and O–H groups in total. The first-order chi connectivity index (χ1) is 35.2. The van der Waals surface area contributed by atoms with Crippen molar-refractivity contribution in [2.45, 2.75) is 341 Å². The molecule has 0 saturated carbocycles. The molecule has 0 aromatic rings. The third-order valence-electron chi connectivity index (χ3n) is 14.0. The first-order valence-corrected chi connectivity index (χ1v) is 32.4. The lowest BCUT2D eigenvalue weighted by atomic mass is 10.0. The third-order valence-corrected chi connectivity index (χ3v) is 15.0. The van der Waals surface area contributed by atoms with Gasteiger partial charge in [0.05, 0.1) is 19.8 Å². The number of aliphatic hydroxyl groups excluding tert-OH is 1. The Morgan fingerprint density at radius 1 is 0.333 bits per heavy atom. The van der Waals surface area contributed by atoms with Gasteiger partial charge in [0.2, 0.25) is 0 Å². The molecule has 0 radical (unpaired) electrons. The van der Waals surface area contributed by atoms with Gasteiger partial charge in [0.1, 0.15) is 12.7 Å². The van der Waals surface area contributed by atoms with E-state index >= 15 is 0 Å². The molecule has 0 bridgehead atoms. The van der Waals surface area contributed by atoms with E-state index in [0.29, 0.717) is 19.3 Å². The lowest BCUT2D eigenvalue weighted by Gasteiger charge is -2.21. The fraction of sp³-hybridized carbons (Fsp3) is 0.950. The molecule has 0 fully saturated rings. The van der Waals surface area contributed by atoms with Crippen LogP contribution in [0.2, 0.25) is 0 Å². The van der Waals surface area contributed by atoms with Gasteiger partial charge in [-0.1, -0.05) is 290 Å². The summed E-state index contributed by atoms with van der Waals surface area (Å²) in [6, 6.07) is 0. The Kier molecular flexibility index (Phi) is 54.5. The summed E-state index contributed by atoms with van der Waals surface area (Å²) >= 11 is 0. The van der Waals surface area contributed by atoms with Crippen molar-refractivity contribution >= 4 is 25.7 Å². The predicted octanol–water partition coefficient (Wildman–Crippen LogP) is 18.3. The topological polar surface area (TPSA) is 155 Å². The van der Waals surface area contributed by atoms with E-state index in [1.54, 1.807) is 0 Å². The van der Waals surface area contributed by atoms with E-state index in [1.165, 1.54) is 212 Å². The Morgan fingerprint density at radius 3 is 0.819 bits per heavy atom. The molecule has 11 nitrogen and oxygen atoms in total. The van der Waals surface area contributed by atoms with Crippen LogP contribution >= 0.6 is 7.82 Å². The van der Waals surface area contributed by atoms with Crippen LogP contribution in [0.25, 0.3) is 0 Å². The fourth-order valence-corrected chi connectivity index (χ4v) is 10.1. The van der Waals surface area contributed by atoms with Crippen LogP contribution in [-0.4, -0.2) is 66.5 Å². The van der Waals surface area contributed by atoms with Crippen molar-refractivity contribution in [3.8, 4) is 0 Å². The highest BCUT2D eigenvalue weighted by Crippen LogP contribution is 2.43. The van der Waals surface area contributed by atoms with Gasteiger partial charge in [-0.15, -0.1) is 0 Å². The second kappa shape index (κ2) is 55.7. The molecule has 0 aromatic heterocycles. The molecule has 0 rings (SSSR count). The van der Waals surface area contributed by atoms with Crippen molar-refractivity contribution in [1.29, 1.82) is 0 Å². The molecule has 3 atom stereocenters. The number of carbonyl (C=O) groups excluding carboxylic acids is 3. The summed E-state index contributed by atoms with van der Waals surface area (Å²) in [7, 11) is -4.73. The van der Waals surface area contributed by atoms with E-state index in [9.17, 15) is 28.9 Å². The molecular formula is C60H117O11P. The largest absolute Gasteiger partial charge is 0.472 e.